The van der Waals surface area contributed by atoms with Gasteiger partial charge in [-0.15, -0.1) is 11.3 Å². The first-order valence-electron chi connectivity index (χ1n) is 5.72. The van der Waals surface area contributed by atoms with Crippen molar-refractivity contribution in [1.29, 1.82) is 0 Å². The molecule has 0 aromatic carbocycles. The molecule has 1 unspecified atom stereocenters. The van der Waals surface area contributed by atoms with Crippen LogP contribution in [0.1, 0.15) is 27.9 Å². The standard InChI is InChI=1S/C12H17NO2S/c1-2-10-3-4-12(16-10)11(14)7-9-8-15-6-5-13-9/h3-4,9,13H,2,5-8H2,1H3. The lowest BCUT2D eigenvalue weighted by molar-refractivity contribution is 0.0677. The topological polar surface area (TPSA) is 38.3 Å². The van der Waals surface area contributed by atoms with Crippen LogP contribution in [0, 0.1) is 0 Å². The first-order valence-corrected chi connectivity index (χ1v) is 6.54. The smallest absolute Gasteiger partial charge is 0.174 e. The van der Waals surface area contributed by atoms with E-state index < -0.39 is 0 Å². The second kappa shape index (κ2) is 5.57. The number of hydrogen-bond donors (Lipinski definition) is 1. The average Bonchev–Trinajstić information content (AvgIpc) is 2.79. The van der Waals surface area contributed by atoms with Gasteiger partial charge in [0.2, 0.25) is 0 Å². The van der Waals surface area contributed by atoms with E-state index in [9.17, 15) is 4.79 Å². The molecule has 2 heterocycles. The van der Waals surface area contributed by atoms with Crippen LogP contribution >= 0.6 is 11.3 Å². The Morgan fingerprint density at radius 3 is 3.12 bits per heavy atom. The number of ketones is 1. The number of thiophene rings is 1. The molecule has 1 N–H and O–H groups in total. The lowest BCUT2D eigenvalue weighted by Crippen LogP contribution is -2.42. The number of hydrogen-bond acceptors (Lipinski definition) is 4. The Balaban J connectivity index is 1.91. The second-order valence-electron chi connectivity index (χ2n) is 3.97. The third-order valence-electron chi connectivity index (χ3n) is 2.72. The molecule has 1 atom stereocenters. The van der Waals surface area contributed by atoms with Crippen LogP contribution < -0.4 is 5.32 Å². The lowest BCUT2D eigenvalue weighted by Gasteiger charge is -2.22. The van der Waals surface area contributed by atoms with Crippen LogP contribution in [0.4, 0.5) is 0 Å². The molecular formula is C12H17NO2S. The van der Waals surface area contributed by atoms with Crippen molar-refractivity contribution in [3.8, 4) is 0 Å². The minimum absolute atomic E-state index is 0.188. The summed E-state index contributed by atoms with van der Waals surface area (Å²) >= 11 is 1.61. The van der Waals surface area contributed by atoms with Crippen LogP contribution in [0.15, 0.2) is 12.1 Å². The molecule has 0 spiro atoms. The van der Waals surface area contributed by atoms with Crippen molar-refractivity contribution in [3.05, 3.63) is 21.9 Å². The molecular weight excluding hydrogens is 222 g/mol. The number of rotatable bonds is 4. The third-order valence-corrected chi connectivity index (χ3v) is 3.99. The number of aryl methyl sites for hydroxylation is 1. The molecule has 3 nitrogen and oxygen atoms in total. The molecule has 0 bridgehead atoms. The van der Waals surface area contributed by atoms with Gasteiger partial charge in [-0.05, 0) is 18.6 Å². The molecule has 88 valence electrons. The fourth-order valence-corrected chi connectivity index (χ4v) is 2.69. The Bertz CT molecular complexity index is 356. The molecule has 0 amide bonds. The normalized spacial score (nSPS) is 20.9. The number of carbonyl (C=O) groups is 1. The van der Waals surface area contributed by atoms with Gasteiger partial charge in [-0.2, -0.15) is 0 Å². The first-order chi connectivity index (χ1) is 7.79. The second-order valence-corrected chi connectivity index (χ2v) is 5.14. The highest BCUT2D eigenvalue weighted by molar-refractivity contribution is 7.14. The van der Waals surface area contributed by atoms with E-state index in [0.717, 1.165) is 24.4 Å². The monoisotopic (exact) mass is 239 g/mol. The molecule has 1 aliphatic heterocycles. The summed E-state index contributed by atoms with van der Waals surface area (Å²) in [5.74, 6) is 0.229. The Labute approximate surface area is 99.8 Å². The Kier molecular flexibility index (Phi) is 4.09. The minimum Gasteiger partial charge on any atom is -0.378 e. The van der Waals surface area contributed by atoms with E-state index in [1.54, 1.807) is 11.3 Å². The van der Waals surface area contributed by atoms with Gasteiger partial charge in [0, 0.05) is 23.9 Å². The van der Waals surface area contributed by atoms with Gasteiger partial charge in [-0.3, -0.25) is 4.79 Å². The number of morpholine rings is 1. The van der Waals surface area contributed by atoms with Crippen LogP contribution in [0.25, 0.3) is 0 Å². The van der Waals surface area contributed by atoms with Gasteiger partial charge < -0.3 is 10.1 Å². The van der Waals surface area contributed by atoms with Crippen molar-refractivity contribution in [3.63, 3.8) is 0 Å². The van der Waals surface area contributed by atoms with E-state index in [-0.39, 0.29) is 11.8 Å². The highest BCUT2D eigenvalue weighted by Gasteiger charge is 2.18. The van der Waals surface area contributed by atoms with Crippen molar-refractivity contribution in [2.75, 3.05) is 19.8 Å². The Morgan fingerprint density at radius 2 is 2.50 bits per heavy atom. The van der Waals surface area contributed by atoms with E-state index in [2.05, 4.69) is 12.2 Å². The van der Waals surface area contributed by atoms with E-state index in [4.69, 9.17) is 4.74 Å². The fourth-order valence-electron chi connectivity index (χ4n) is 1.79. The van der Waals surface area contributed by atoms with Gasteiger partial charge in [-0.1, -0.05) is 6.92 Å². The zero-order valence-electron chi connectivity index (χ0n) is 9.49. The van der Waals surface area contributed by atoms with Crippen LogP contribution in [-0.2, 0) is 11.2 Å². The highest BCUT2D eigenvalue weighted by atomic mass is 32.1. The maximum Gasteiger partial charge on any atom is 0.174 e. The summed E-state index contributed by atoms with van der Waals surface area (Å²) in [5.41, 5.74) is 0. The molecule has 0 radical (unpaired) electrons. The fraction of sp³-hybridized carbons (Fsp3) is 0.583. The summed E-state index contributed by atoms with van der Waals surface area (Å²) in [5, 5.41) is 3.30. The van der Waals surface area contributed by atoms with Crippen LogP contribution in [0.2, 0.25) is 0 Å². The SMILES string of the molecule is CCc1ccc(C(=O)CC2COCCN2)s1. The van der Waals surface area contributed by atoms with Gasteiger partial charge >= 0.3 is 0 Å². The van der Waals surface area contributed by atoms with Gasteiger partial charge in [0.15, 0.2) is 5.78 Å². The summed E-state index contributed by atoms with van der Waals surface area (Å²) in [4.78, 5) is 14.1. The molecule has 0 aliphatic carbocycles. The molecule has 1 fully saturated rings. The van der Waals surface area contributed by atoms with Gasteiger partial charge in [0.05, 0.1) is 18.1 Å². The maximum absolute atomic E-state index is 12.0. The molecule has 1 aromatic rings. The molecule has 1 saturated heterocycles. The summed E-state index contributed by atoms with van der Waals surface area (Å²) in [6.07, 6.45) is 1.55. The predicted octanol–water partition coefficient (Wildman–Crippen LogP) is 1.87. The molecule has 2 rings (SSSR count). The van der Waals surface area contributed by atoms with E-state index in [1.807, 2.05) is 12.1 Å². The molecule has 4 heteroatoms. The number of carbonyl (C=O) groups excluding carboxylic acids is 1. The Hall–Kier alpha value is -0.710. The van der Waals surface area contributed by atoms with E-state index in [1.165, 1.54) is 4.88 Å². The average molecular weight is 239 g/mol. The first kappa shape index (κ1) is 11.8. The van der Waals surface area contributed by atoms with Crippen LogP contribution in [-0.4, -0.2) is 31.6 Å². The lowest BCUT2D eigenvalue weighted by atomic mass is 10.1. The minimum atomic E-state index is 0.188. The van der Waals surface area contributed by atoms with Crippen molar-refractivity contribution >= 4 is 17.1 Å². The third kappa shape index (κ3) is 2.90. The maximum atomic E-state index is 12.0. The summed E-state index contributed by atoms with van der Waals surface area (Å²) < 4.78 is 5.33. The summed E-state index contributed by atoms with van der Waals surface area (Å²) in [6.45, 7) is 4.36. The van der Waals surface area contributed by atoms with Gasteiger partial charge in [0.25, 0.3) is 0 Å². The number of ether oxygens (including phenoxy) is 1. The zero-order valence-corrected chi connectivity index (χ0v) is 10.3. The number of nitrogens with one attached hydrogen (secondary N) is 1. The largest absolute Gasteiger partial charge is 0.378 e. The van der Waals surface area contributed by atoms with Crippen molar-refractivity contribution < 1.29 is 9.53 Å². The highest BCUT2D eigenvalue weighted by Crippen LogP contribution is 2.19. The van der Waals surface area contributed by atoms with Crippen LogP contribution in [0.3, 0.4) is 0 Å². The molecule has 16 heavy (non-hydrogen) atoms. The van der Waals surface area contributed by atoms with Crippen molar-refractivity contribution in [2.45, 2.75) is 25.8 Å². The van der Waals surface area contributed by atoms with Crippen LogP contribution in [0.5, 0.6) is 0 Å². The number of Topliss-reactive ketones (excluding diaryl/α,β-unsaturated/α-hetero) is 1. The van der Waals surface area contributed by atoms with Gasteiger partial charge in [0.1, 0.15) is 0 Å². The van der Waals surface area contributed by atoms with Gasteiger partial charge in [-0.25, -0.2) is 0 Å². The Morgan fingerprint density at radius 1 is 1.62 bits per heavy atom. The van der Waals surface area contributed by atoms with Crippen molar-refractivity contribution in [2.24, 2.45) is 0 Å². The molecule has 0 saturated carbocycles. The van der Waals surface area contributed by atoms with E-state index >= 15 is 0 Å². The zero-order chi connectivity index (χ0) is 11.4. The van der Waals surface area contributed by atoms with E-state index in [0.29, 0.717) is 13.0 Å². The summed E-state index contributed by atoms with van der Waals surface area (Å²) in [7, 11) is 0. The predicted molar refractivity (Wildman–Crippen MR) is 65.3 cm³/mol. The molecule has 1 aliphatic rings. The van der Waals surface area contributed by atoms with Crippen molar-refractivity contribution in [1.82, 2.24) is 5.32 Å². The summed E-state index contributed by atoms with van der Waals surface area (Å²) in [6, 6.07) is 4.17. The quantitative estimate of drug-likeness (QED) is 0.815. The molecule has 1 aromatic heterocycles.